The number of amides is 1. The normalized spacial score (nSPS) is 18.0. The molecule has 0 radical (unpaired) electrons. The monoisotopic (exact) mass is 347 g/mol. The van der Waals surface area contributed by atoms with E-state index in [0.717, 1.165) is 5.56 Å². The minimum absolute atomic E-state index is 0.0457. The molecule has 24 heavy (non-hydrogen) atoms. The van der Waals surface area contributed by atoms with E-state index in [1.54, 1.807) is 9.58 Å². The first-order valence-corrected chi connectivity index (χ1v) is 8.53. The first kappa shape index (κ1) is 17.0. The largest absolute Gasteiger partial charge is 0.375 e. The van der Waals surface area contributed by atoms with Crippen LogP contribution in [0.2, 0.25) is 5.15 Å². The molecule has 0 unspecified atom stereocenters. The van der Waals surface area contributed by atoms with Crippen LogP contribution in [0.1, 0.15) is 34.1 Å². The molecule has 3 rings (SSSR count). The van der Waals surface area contributed by atoms with Crippen LogP contribution >= 0.6 is 11.6 Å². The fourth-order valence-electron chi connectivity index (χ4n) is 2.93. The molecule has 1 aliphatic rings. The van der Waals surface area contributed by atoms with Crippen molar-refractivity contribution < 1.29 is 9.53 Å². The molecule has 0 saturated carbocycles. The average molecular weight is 348 g/mol. The average Bonchev–Trinajstić information content (AvgIpc) is 2.83. The predicted octanol–water partition coefficient (Wildman–Crippen LogP) is 3.06. The van der Waals surface area contributed by atoms with E-state index >= 15 is 0 Å². The third-order valence-corrected chi connectivity index (χ3v) is 4.64. The van der Waals surface area contributed by atoms with Crippen LogP contribution in [0.4, 0.5) is 0 Å². The summed E-state index contributed by atoms with van der Waals surface area (Å²) < 4.78 is 7.19. The molecule has 5 nitrogen and oxygen atoms in total. The fourth-order valence-corrected chi connectivity index (χ4v) is 3.24. The second-order valence-electron chi connectivity index (χ2n) is 6.33. The van der Waals surface area contributed by atoms with Gasteiger partial charge in [0.15, 0.2) is 0 Å². The molecule has 0 spiro atoms. The first-order valence-electron chi connectivity index (χ1n) is 8.15. The highest BCUT2D eigenvalue weighted by molar-refractivity contribution is 6.33. The number of rotatable bonds is 3. The molecule has 2 heterocycles. The molecule has 0 N–H and O–H groups in total. The zero-order chi connectivity index (χ0) is 17.3. The number of carbonyl (C=O) groups excluding carboxylic acids is 1. The van der Waals surface area contributed by atoms with Crippen molar-refractivity contribution in [2.24, 2.45) is 0 Å². The summed E-state index contributed by atoms with van der Waals surface area (Å²) in [6.07, 6.45) is 0.0457. The quantitative estimate of drug-likeness (QED) is 0.857. The highest BCUT2D eigenvalue weighted by Crippen LogP contribution is 2.23. The number of hydrogen-bond donors (Lipinski definition) is 0. The highest BCUT2D eigenvalue weighted by Gasteiger charge is 2.28. The molecule has 0 bridgehead atoms. The molecule has 1 aromatic carbocycles. The Hall–Kier alpha value is -1.85. The van der Waals surface area contributed by atoms with Crippen molar-refractivity contribution in [1.29, 1.82) is 0 Å². The van der Waals surface area contributed by atoms with Crippen molar-refractivity contribution in [1.82, 2.24) is 14.7 Å². The second-order valence-corrected chi connectivity index (χ2v) is 6.69. The van der Waals surface area contributed by atoms with E-state index in [2.05, 4.69) is 24.2 Å². The van der Waals surface area contributed by atoms with Gasteiger partial charge in [0, 0.05) is 13.1 Å². The Kier molecular flexibility index (Phi) is 4.92. The second kappa shape index (κ2) is 6.95. The summed E-state index contributed by atoms with van der Waals surface area (Å²) in [5.41, 5.74) is 3.47. The molecule has 0 aliphatic carbocycles. The van der Waals surface area contributed by atoms with Crippen molar-refractivity contribution in [2.75, 3.05) is 19.7 Å². The van der Waals surface area contributed by atoms with Gasteiger partial charge in [-0.3, -0.25) is 4.79 Å². The summed E-state index contributed by atoms with van der Waals surface area (Å²) in [4.78, 5) is 14.6. The van der Waals surface area contributed by atoms with Gasteiger partial charge in [0.2, 0.25) is 0 Å². The summed E-state index contributed by atoms with van der Waals surface area (Å²) in [5.74, 6) is -0.0668. The maximum atomic E-state index is 12.8. The Morgan fingerprint density at radius 1 is 1.33 bits per heavy atom. The minimum Gasteiger partial charge on any atom is -0.375 e. The molecule has 1 fully saturated rings. The van der Waals surface area contributed by atoms with Crippen molar-refractivity contribution in [3.8, 4) is 0 Å². The van der Waals surface area contributed by atoms with Crippen LogP contribution in [0.3, 0.4) is 0 Å². The first-order chi connectivity index (χ1) is 11.5. The van der Waals surface area contributed by atoms with Crippen molar-refractivity contribution in [3.63, 3.8) is 0 Å². The van der Waals surface area contributed by atoms with Crippen LogP contribution in [-0.4, -0.2) is 46.4 Å². The lowest BCUT2D eigenvalue weighted by Gasteiger charge is -2.31. The third-order valence-electron chi connectivity index (χ3n) is 4.26. The standard InChI is InChI=1S/C18H22ClN3O2/c1-12-4-6-15(7-5-12)11-22-17(19)16(14(3)20-22)18(23)21-8-9-24-13(2)10-21/h4-7,13H,8-11H2,1-3H3/t13-/m0/s1. The van der Waals surface area contributed by atoms with Gasteiger partial charge in [0.25, 0.3) is 5.91 Å². The topological polar surface area (TPSA) is 47.4 Å². The zero-order valence-corrected chi connectivity index (χ0v) is 15.0. The molecule has 6 heteroatoms. The van der Waals surface area contributed by atoms with E-state index < -0.39 is 0 Å². The summed E-state index contributed by atoms with van der Waals surface area (Å²) in [6.45, 7) is 8.12. The highest BCUT2D eigenvalue weighted by atomic mass is 35.5. The fraction of sp³-hybridized carbons (Fsp3) is 0.444. The Morgan fingerprint density at radius 2 is 2.04 bits per heavy atom. The van der Waals surface area contributed by atoms with Gasteiger partial charge in [-0.2, -0.15) is 5.10 Å². The predicted molar refractivity (Wildman–Crippen MR) is 93.6 cm³/mol. The number of halogens is 1. The van der Waals surface area contributed by atoms with Gasteiger partial charge in [0.1, 0.15) is 5.15 Å². The van der Waals surface area contributed by atoms with Crippen LogP contribution in [0.5, 0.6) is 0 Å². The SMILES string of the molecule is Cc1ccc(Cn2nc(C)c(C(=O)N3CCO[C@@H](C)C3)c2Cl)cc1. The maximum absolute atomic E-state index is 12.8. The third kappa shape index (κ3) is 3.47. The van der Waals surface area contributed by atoms with E-state index in [4.69, 9.17) is 16.3 Å². The summed E-state index contributed by atoms with van der Waals surface area (Å²) >= 11 is 6.48. The molecule has 1 atom stereocenters. The van der Waals surface area contributed by atoms with Crippen LogP contribution in [0.15, 0.2) is 24.3 Å². The van der Waals surface area contributed by atoms with Crippen molar-refractivity contribution in [2.45, 2.75) is 33.4 Å². The molecule has 1 saturated heterocycles. The number of carbonyl (C=O) groups is 1. The lowest BCUT2D eigenvalue weighted by molar-refractivity contribution is -0.0124. The smallest absolute Gasteiger partial charge is 0.259 e. The maximum Gasteiger partial charge on any atom is 0.259 e. The van der Waals surface area contributed by atoms with Gasteiger partial charge in [-0.05, 0) is 26.3 Å². The number of nitrogens with zero attached hydrogens (tertiary/aromatic N) is 3. The Morgan fingerprint density at radius 3 is 2.71 bits per heavy atom. The van der Waals surface area contributed by atoms with Gasteiger partial charge < -0.3 is 9.64 Å². The van der Waals surface area contributed by atoms with Gasteiger partial charge in [0.05, 0.1) is 30.5 Å². The van der Waals surface area contributed by atoms with Crippen molar-refractivity contribution in [3.05, 3.63) is 51.8 Å². The van der Waals surface area contributed by atoms with Gasteiger partial charge in [-0.1, -0.05) is 41.4 Å². The molecular weight excluding hydrogens is 326 g/mol. The van der Waals surface area contributed by atoms with Crippen LogP contribution in [0, 0.1) is 13.8 Å². The number of aromatic nitrogens is 2. The number of morpholine rings is 1. The molecule has 128 valence electrons. The van der Waals surface area contributed by atoms with E-state index in [1.807, 2.05) is 26.0 Å². The van der Waals surface area contributed by atoms with Crippen molar-refractivity contribution >= 4 is 17.5 Å². The van der Waals surface area contributed by atoms with Gasteiger partial charge >= 0.3 is 0 Å². The van der Waals surface area contributed by atoms with E-state index in [9.17, 15) is 4.79 Å². The van der Waals surface area contributed by atoms with Gasteiger partial charge in [-0.25, -0.2) is 4.68 Å². The number of aryl methyl sites for hydroxylation is 2. The molecular formula is C18H22ClN3O2. The summed E-state index contributed by atoms with van der Waals surface area (Å²) in [5, 5.41) is 4.87. The molecule has 1 aromatic heterocycles. The van der Waals surface area contributed by atoms with Crippen LogP contribution in [-0.2, 0) is 11.3 Å². The number of benzene rings is 1. The van der Waals surface area contributed by atoms with E-state index in [0.29, 0.717) is 42.7 Å². The summed E-state index contributed by atoms with van der Waals surface area (Å²) in [7, 11) is 0. The molecule has 1 amide bonds. The van der Waals surface area contributed by atoms with E-state index in [-0.39, 0.29) is 12.0 Å². The molecule has 1 aliphatic heterocycles. The Labute approximate surface area is 147 Å². The lowest BCUT2D eigenvalue weighted by Crippen LogP contribution is -2.44. The minimum atomic E-state index is -0.0668. The number of hydrogen-bond acceptors (Lipinski definition) is 3. The van der Waals surface area contributed by atoms with Crippen LogP contribution in [0.25, 0.3) is 0 Å². The molecule has 2 aromatic rings. The Balaban J connectivity index is 1.83. The van der Waals surface area contributed by atoms with Gasteiger partial charge in [-0.15, -0.1) is 0 Å². The lowest BCUT2D eigenvalue weighted by atomic mass is 10.1. The number of ether oxygens (including phenoxy) is 1. The van der Waals surface area contributed by atoms with E-state index in [1.165, 1.54) is 5.56 Å². The van der Waals surface area contributed by atoms with Crippen LogP contribution < -0.4 is 0 Å². The zero-order valence-electron chi connectivity index (χ0n) is 14.3. The Bertz CT molecular complexity index is 739. The summed E-state index contributed by atoms with van der Waals surface area (Å²) in [6, 6.07) is 8.21.